The molecule has 0 bridgehead atoms. The Bertz CT molecular complexity index is 533. The van der Waals surface area contributed by atoms with Crippen molar-refractivity contribution in [3.63, 3.8) is 0 Å². The molecule has 0 aromatic heterocycles. The summed E-state index contributed by atoms with van der Waals surface area (Å²) < 4.78 is 0. The third kappa shape index (κ3) is 3.28. The summed E-state index contributed by atoms with van der Waals surface area (Å²) >= 11 is 5.96. The van der Waals surface area contributed by atoms with Gasteiger partial charge in [-0.1, -0.05) is 31.4 Å². The number of amides is 1. The van der Waals surface area contributed by atoms with Crippen molar-refractivity contribution in [2.75, 3.05) is 0 Å². The van der Waals surface area contributed by atoms with E-state index in [1.54, 1.807) is 0 Å². The fraction of sp³-hybridized carbons (Fsp3) is 0.500. The normalized spacial score (nSPS) is 22.3. The number of benzene rings is 1. The summed E-state index contributed by atoms with van der Waals surface area (Å²) in [6, 6.07) is 4.07. The molecular formula is C14H17ClN2O3. The van der Waals surface area contributed by atoms with E-state index in [-0.39, 0.29) is 28.2 Å². The van der Waals surface area contributed by atoms with E-state index >= 15 is 0 Å². The third-order valence-corrected chi connectivity index (χ3v) is 4.15. The van der Waals surface area contributed by atoms with E-state index in [0.29, 0.717) is 5.92 Å². The number of nitrogens with one attached hydrogen (secondary N) is 1. The maximum Gasteiger partial charge on any atom is 0.270 e. The first-order valence-electron chi connectivity index (χ1n) is 6.74. The summed E-state index contributed by atoms with van der Waals surface area (Å²) in [5, 5.41) is 13.7. The molecule has 2 rings (SSSR count). The minimum atomic E-state index is -0.531. The van der Waals surface area contributed by atoms with Crippen LogP contribution in [-0.2, 0) is 0 Å². The van der Waals surface area contributed by atoms with E-state index in [1.165, 1.54) is 24.6 Å². The van der Waals surface area contributed by atoms with Gasteiger partial charge in [0, 0.05) is 18.2 Å². The number of carbonyl (C=O) groups is 1. The molecule has 5 nitrogen and oxygen atoms in total. The van der Waals surface area contributed by atoms with Crippen molar-refractivity contribution in [1.29, 1.82) is 0 Å². The molecule has 1 aliphatic rings. The molecule has 20 heavy (non-hydrogen) atoms. The minimum absolute atomic E-state index is 0.111. The Hall–Kier alpha value is -1.62. The highest BCUT2D eigenvalue weighted by Crippen LogP contribution is 2.26. The van der Waals surface area contributed by atoms with Crippen LogP contribution < -0.4 is 5.32 Å². The maximum atomic E-state index is 12.2. The summed E-state index contributed by atoms with van der Waals surface area (Å²) in [5.41, 5.74) is 0.174. The van der Waals surface area contributed by atoms with Crippen molar-refractivity contribution in [1.82, 2.24) is 5.32 Å². The highest BCUT2D eigenvalue weighted by Gasteiger charge is 2.24. The van der Waals surface area contributed by atoms with Crippen LogP contribution in [0, 0.1) is 16.0 Å². The van der Waals surface area contributed by atoms with E-state index in [9.17, 15) is 14.9 Å². The predicted octanol–water partition coefficient (Wildman–Crippen LogP) is 3.56. The van der Waals surface area contributed by atoms with Gasteiger partial charge in [0.15, 0.2) is 0 Å². The molecule has 0 aliphatic heterocycles. The molecule has 6 heteroatoms. The van der Waals surface area contributed by atoms with Crippen molar-refractivity contribution in [2.24, 2.45) is 5.92 Å². The fourth-order valence-electron chi connectivity index (χ4n) is 2.58. The van der Waals surface area contributed by atoms with E-state index in [1.807, 2.05) is 0 Å². The smallest absolute Gasteiger partial charge is 0.270 e. The molecule has 1 aromatic carbocycles. The van der Waals surface area contributed by atoms with Crippen molar-refractivity contribution in [3.8, 4) is 0 Å². The Morgan fingerprint density at radius 1 is 1.40 bits per heavy atom. The lowest BCUT2D eigenvalue weighted by atomic mass is 9.86. The first-order chi connectivity index (χ1) is 9.49. The van der Waals surface area contributed by atoms with Gasteiger partial charge in [0.1, 0.15) is 0 Å². The Balaban J connectivity index is 2.11. The van der Waals surface area contributed by atoms with Crippen LogP contribution in [0.5, 0.6) is 0 Å². The molecule has 0 heterocycles. The first kappa shape index (κ1) is 14.8. The molecule has 1 saturated carbocycles. The number of nitrogens with zero attached hydrogens (tertiary/aromatic N) is 1. The quantitative estimate of drug-likeness (QED) is 0.684. The second-order valence-electron chi connectivity index (χ2n) is 5.26. The van der Waals surface area contributed by atoms with Crippen molar-refractivity contribution < 1.29 is 9.72 Å². The molecule has 1 aliphatic carbocycles. The second-order valence-corrected chi connectivity index (χ2v) is 5.67. The summed E-state index contributed by atoms with van der Waals surface area (Å²) in [5.74, 6) is 0.188. The number of rotatable bonds is 3. The predicted molar refractivity (Wildman–Crippen MR) is 77.0 cm³/mol. The van der Waals surface area contributed by atoms with Gasteiger partial charge < -0.3 is 5.32 Å². The molecular weight excluding hydrogens is 280 g/mol. The molecule has 2 atom stereocenters. The number of nitro groups is 1. The van der Waals surface area contributed by atoms with Crippen LogP contribution in [0.15, 0.2) is 18.2 Å². The third-order valence-electron chi connectivity index (χ3n) is 3.84. The van der Waals surface area contributed by atoms with Gasteiger partial charge in [-0.05, 0) is 24.8 Å². The van der Waals surface area contributed by atoms with Crippen LogP contribution in [0.4, 0.5) is 5.69 Å². The number of nitro benzene ring substituents is 1. The zero-order valence-corrected chi connectivity index (χ0v) is 12.0. The lowest BCUT2D eigenvalue weighted by molar-refractivity contribution is -0.384. The number of non-ortho nitro benzene ring substituents is 1. The monoisotopic (exact) mass is 296 g/mol. The molecule has 0 radical (unpaired) electrons. The zero-order valence-electron chi connectivity index (χ0n) is 11.3. The molecule has 1 N–H and O–H groups in total. The van der Waals surface area contributed by atoms with E-state index in [2.05, 4.69) is 12.2 Å². The summed E-state index contributed by atoms with van der Waals surface area (Å²) in [6.07, 6.45) is 4.39. The lowest BCUT2D eigenvalue weighted by Crippen LogP contribution is -2.41. The van der Waals surface area contributed by atoms with Crippen LogP contribution in [0.3, 0.4) is 0 Å². The number of halogens is 1. The molecule has 108 valence electrons. The largest absolute Gasteiger partial charge is 0.349 e. The summed E-state index contributed by atoms with van der Waals surface area (Å²) in [6.45, 7) is 2.13. The van der Waals surface area contributed by atoms with Gasteiger partial charge in [0.05, 0.1) is 15.5 Å². The van der Waals surface area contributed by atoms with Gasteiger partial charge in [0.25, 0.3) is 11.6 Å². The SMILES string of the molecule is CC1CCCCC1NC(=O)c1ccc([N+](=O)[O-])cc1Cl. The Labute approximate surface area is 122 Å². The minimum Gasteiger partial charge on any atom is -0.349 e. The van der Waals surface area contributed by atoms with Crippen LogP contribution in [0.1, 0.15) is 43.0 Å². The molecule has 1 amide bonds. The van der Waals surface area contributed by atoms with Gasteiger partial charge in [-0.15, -0.1) is 0 Å². The van der Waals surface area contributed by atoms with E-state index < -0.39 is 4.92 Å². The van der Waals surface area contributed by atoms with Gasteiger partial charge in [-0.3, -0.25) is 14.9 Å². The molecule has 1 aromatic rings. The lowest BCUT2D eigenvalue weighted by Gasteiger charge is -2.29. The van der Waals surface area contributed by atoms with Crippen LogP contribution in [0.25, 0.3) is 0 Å². The standard InChI is InChI=1S/C14H17ClN2O3/c1-9-4-2-3-5-13(9)16-14(18)11-7-6-10(17(19)20)8-12(11)15/h6-9,13H,2-5H2,1H3,(H,16,18). The second kappa shape index (κ2) is 6.22. The van der Waals surface area contributed by atoms with Crippen LogP contribution >= 0.6 is 11.6 Å². The number of hydrogen-bond acceptors (Lipinski definition) is 3. The molecule has 0 saturated heterocycles. The Morgan fingerprint density at radius 2 is 2.10 bits per heavy atom. The van der Waals surface area contributed by atoms with Crippen molar-refractivity contribution >= 4 is 23.2 Å². The highest BCUT2D eigenvalue weighted by atomic mass is 35.5. The summed E-state index contributed by atoms with van der Waals surface area (Å²) in [4.78, 5) is 22.3. The van der Waals surface area contributed by atoms with Crippen LogP contribution in [-0.4, -0.2) is 16.9 Å². The van der Waals surface area contributed by atoms with Gasteiger partial charge in [-0.2, -0.15) is 0 Å². The van der Waals surface area contributed by atoms with E-state index in [0.717, 1.165) is 19.3 Å². The van der Waals surface area contributed by atoms with Gasteiger partial charge >= 0.3 is 0 Å². The summed E-state index contributed by atoms with van der Waals surface area (Å²) in [7, 11) is 0. The van der Waals surface area contributed by atoms with Gasteiger partial charge in [0.2, 0.25) is 0 Å². The molecule has 1 fully saturated rings. The Kier molecular flexibility index (Phi) is 4.60. The average molecular weight is 297 g/mol. The highest BCUT2D eigenvalue weighted by molar-refractivity contribution is 6.34. The number of carbonyl (C=O) groups excluding carboxylic acids is 1. The van der Waals surface area contributed by atoms with Gasteiger partial charge in [-0.25, -0.2) is 0 Å². The van der Waals surface area contributed by atoms with E-state index in [4.69, 9.17) is 11.6 Å². The molecule has 2 unspecified atom stereocenters. The van der Waals surface area contributed by atoms with Crippen molar-refractivity contribution in [2.45, 2.75) is 38.6 Å². The molecule has 0 spiro atoms. The topological polar surface area (TPSA) is 72.2 Å². The van der Waals surface area contributed by atoms with Crippen molar-refractivity contribution in [3.05, 3.63) is 38.9 Å². The average Bonchev–Trinajstić information content (AvgIpc) is 2.41. The fourth-order valence-corrected chi connectivity index (χ4v) is 2.84. The Morgan fingerprint density at radius 3 is 2.70 bits per heavy atom. The van der Waals surface area contributed by atoms with Crippen LogP contribution in [0.2, 0.25) is 5.02 Å². The maximum absolute atomic E-state index is 12.2. The first-order valence-corrected chi connectivity index (χ1v) is 7.11. The number of hydrogen-bond donors (Lipinski definition) is 1. The zero-order chi connectivity index (χ0) is 14.7.